The largest absolute Gasteiger partial charge is 0.398 e. The number of nitrogens with one attached hydrogen (secondary N) is 1. The summed E-state index contributed by atoms with van der Waals surface area (Å²) in [6, 6.07) is 14.7. The van der Waals surface area contributed by atoms with Crippen molar-refractivity contribution in [3.8, 4) is 0 Å². The van der Waals surface area contributed by atoms with Crippen molar-refractivity contribution < 1.29 is 0 Å². The van der Waals surface area contributed by atoms with Crippen LogP contribution in [0.15, 0.2) is 57.5 Å². The Hall–Kier alpha value is -1.10. The molecule has 108 valence electrons. The smallest absolute Gasteiger partial charge is 0.0512 e. The molecule has 1 heterocycles. The fraction of sp³-hybridized carbons (Fsp3) is 0.176. The lowest BCUT2D eigenvalue weighted by Gasteiger charge is -2.24. The van der Waals surface area contributed by atoms with E-state index in [4.69, 9.17) is 5.73 Å². The van der Waals surface area contributed by atoms with Gasteiger partial charge >= 0.3 is 0 Å². The highest BCUT2D eigenvalue weighted by Gasteiger charge is 2.17. The number of nitrogens with two attached hydrogens (primary N) is 1. The third-order valence-corrected chi connectivity index (χ3v) is 4.74. The van der Waals surface area contributed by atoms with Crippen LogP contribution in [0, 0.1) is 0 Å². The van der Waals surface area contributed by atoms with Crippen LogP contribution < -0.4 is 11.1 Å². The van der Waals surface area contributed by atoms with Gasteiger partial charge in [0.2, 0.25) is 0 Å². The number of rotatable bonds is 2. The van der Waals surface area contributed by atoms with Crippen molar-refractivity contribution in [3.63, 3.8) is 0 Å². The van der Waals surface area contributed by atoms with Gasteiger partial charge in [-0.1, -0.05) is 50.1 Å². The Bertz CT molecular complexity index is 678. The molecular formula is C17H16Br2N2. The zero-order valence-electron chi connectivity index (χ0n) is 11.4. The monoisotopic (exact) mass is 406 g/mol. The van der Waals surface area contributed by atoms with E-state index in [1.54, 1.807) is 0 Å². The lowest BCUT2D eigenvalue weighted by atomic mass is 9.93. The van der Waals surface area contributed by atoms with Crippen LogP contribution >= 0.6 is 31.9 Å². The maximum Gasteiger partial charge on any atom is 0.0512 e. The van der Waals surface area contributed by atoms with Crippen molar-refractivity contribution >= 4 is 43.1 Å². The van der Waals surface area contributed by atoms with Crippen LogP contribution in [0.1, 0.15) is 23.6 Å². The Kier molecular flexibility index (Phi) is 4.48. The molecule has 2 aromatic carbocycles. The molecule has 0 radical (unpaired) electrons. The van der Waals surface area contributed by atoms with E-state index >= 15 is 0 Å². The van der Waals surface area contributed by atoms with Gasteiger partial charge in [-0.05, 0) is 47.9 Å². The fourth-order valence-corrected chi connectivity index (χ4v) is 3.25. The fourth-order valence-electron chi connectivity index (χ4n) is 2.62. The van der Waals surface area contributed by atoms with Crippen LogP contribution in [0.3, 0.4) is 0 Å². The van der Waals surface area contributed by atoms with E-state index < -0.39 is 0 Å². The third kappa shape index (κ3) is 3.39. The molecule has 3 N–H and O–H groups in total. The van der Waals surface area contributed by atoms with E-state index in [2.05, 4.69) is 73.6 Å². The van der Waals surface area contributed by atoms with Crippen LogP contribution in [0.2, 0.25) is 0 Å². The minimum Gasteiger partial charge on any atom is -0.398 e. The van der Waals surface area contributed by atoms with Gasteiger partial charge in [0.15, 0.2) is 0 Å². The molecule has 0 aliphatic carbocycles. The Morgan fingerprint density at radius 1 is 1.00 bits per heavy atom. The predicted octanol–water partition coefficient (Wildman–Crippen LogP) is 4.91. The molecule has 1 atom stereocenters. The standard InChI is InChI=1S/C17H16Br2N2/c18-13-3-1-11(2-4-13)17-9-12(7-8-21-17)15-10-14(19)5-6-16(15)20/h1-6,9-10,17,21H,7-8,20H2. The lowest BCUT2D eigenvalue weighted by molar-refractivity contribution is 0.608. The Balaban J connectivity index is 1.95. The first-order valence-electron chi connectivity index (χ1n) is 6.88. The van der Waals surface area contributed by atoms with Crippen LogP contribution in [0.5, 0.6) is 0 Å². The Morgan fingerprint density at radius 2 is 1.71 bits per heavy atom. The molecule has 1 aliphatic heterocycles. The quantitative estimate of drug-likeness (QED) is 0.694. The molecule has 0 spiro atoms. The molecule has 1 aliphatic rings. The minimum absolute atomic E-state index is 0.236. The highest BCUT2D eigenvalue weighted by atomic mass is 79.9. The molecule has 0 aromatic heterocycles. The van der Waals surface area contributed by atoms with E-state index in [9.17, 15) is 0 Å². The van der Waals surface area contributed by atoms with Gasteiger partial charge in [-0.3, -0.25) is 0 Å². The average Bonchev–Trinajstić information content (AvgIpc) is 2.50. The number of anilines is 1. The van der Waals surface area contributed by atoms with Crippen molar-refractivity contribution in [3.05, 3.63) is 68.6 Å². The summed E-state index contributed by atoms with van der Waals surface area (Å²) in [6.45, 7) is 0.957. The zero-order chi connectivity index (χ0) is 14.8. The molecule has 4 heteroatoms. The molecule has 0 bridgehead atoms. The highest BCUT2D eigenvalue weighted by molar-refractivity contribution is 9.10. The average molecular weight is 408 g/mol. The summed E-state index contributed by atoms with van der Waals surface area (Å²) < 4.78 is 2.16. The van der Waals surface area contributed by atoms with E-state index in [1.807, 2.05) is 12.1 Å². The van der Waals surface area contributed by atoms with Crippen molar-refractivity contribution in [1.29, 1.82) is 0 Å². The normalized spacial score (nSPS) is 18.4. The second kappa shape index (κ2) is 6.34. The molecule has 0 amide bonds. The van der Waals surface area contributed by atoms with Crippen molar-refractivity contribution in [2.75, 3.05) is 12.3 Å². The molecular weight excluding hydrogens is 392 g/mol. The van der Waals surface area contributed by atoms with Crippen LogP contribution in [0.25, 0.3) is 5.57 Å². The van der Waals surface area contributed by atoms with Gasteiger partial charge in [-0.2, -0.15) is 0 Å². The first-order chi connectivity index (χ1) is 10.1. The molecule has 2 nitrogen and oxygen atoms in total. The number of nitrogen functional groups attached to an aromatic ring is 1. The van der Waals surface area contributed by atoms with Gasteiger partial charge < -0.3 is 11.1 Å². The first-order valence-corrected chi connectivity index (χ1v) is 8.47. The second-order valence-electron chi connectivity index (χ2n) is 5.16. The number of halogens is 2. The molecule has 0 fully saturated rings. The molecule has 21 heavy (non-hydrogen) atoms. The van der Waals surface area contributed by atoms with Gasteiger partial charge in [-0.15, -0.1) is 0 Å². The second-order valence-corrected chi connectivity index (χ2v) is 6.99. The SMILES string of the molecule is Nc1ccc(Br)cc1C1=CC(c2ccc(Br)cc2)NCC1. The minimum atomic E-state index is 0.236. The van der Waals surface area contributed by atoms with E-state index in [1.165, 1.54) is 11.1 Å². The molecule has 1 unspecified atom stereocenters. The van der Waals surface area contributed by atoms with Gasteiger partial charge in [0, 0.05) is 26.7 Å². The van der Waals surface area contributed by atoms with E-state index in [0.29, 0.717) is 0 Å². The molecule has 0 saturated carbocycles. The maximum absolute atomic E-state index is 6.14. The van der Waals surface area contributed by atoms with Crippen molar-refractivity contribution in [2.45, 2.75) is 12.5 Å². The van der Waals surface area contributed by atoms with Crippen molar-refractivity contribution in [1.82, 2.24) is 5.32 Å². The number of benzene rings is 2. The summed E-state index contributed by atoms with van der Waals surface area (Å²) in [5.41, 5.74) is 10.7. The summed E-state index contributed by atoms with van der Waals surface area (Å²) >= 11 is 7.01. The zero-order valence-corrected chi connectivity index (χ0v) is 14.6. The van der Waals surface area contributed by atoms with Crippen LogP contribution in [-0.2, 0) is 0 Å². The summed E-state index contributed by atoms with van der Waals surface area (Å²) in [6.07, 6.45) is 3.28. The lowest BCUT2D eigenvalue weighted by Crippen LogP contribution is -2.25. The Labute approximate surface area is 141 Å². The Morgan fingerprint density at radius 3 is 2.48 bits per heavy atom. The first kappa shape index (κ1) is 14.8. The molecule has 0 saturated heterocycles. The number of hydrogen-bond donors (Lipinski definition) is 2. The van der Waals surface area contributed by atoms with E-state index in [-0.39, 0.29) is 6.04 Å². The van der Waals surface area contributed by atoms with Crippen LogP contribution in [0.4, 0.5) is 5.69 Å². The van der Waals surface area contributed by atoms with Gasteiger partial charge in [0.25, 0.3) is 0 Å². The van der Waals surface area contributed by atoms with Gasteiger partial charge in [-0.25, -0.2) is 0 Å². The van der Waals surface area contributed by atoms with Gasteiger partial charge in [0.05, 0.1) is 6.04 Å². The third-order valence-electron chi connectivity index (χ3n) is 3.72. The summed E-state index contributed by atoms with van der Waals surface area (Å²) in [7, 11) is 0. The van der Waals surface area contributed by atoms with Gasteiger partial charge in [0.1, 0.15) is 0 Å². The summed E-state index contributed by atoms with van der Waals surface area (Å²) in [5.74, 6) is 0. The highest BCUT2D eigenvalue weighted by Crippen LogP contribution is 2.32. The molecule has 3 rings (SSSR count). The maximum atomic E-state index is 6.14. The predicted molar refractivity (Wildman–Crippen MR) is 96.0 cm³/mol. The molecule has 2 aromatic rings. The topological polar surface area (TPSA) is 38.0 Å². The summed E-state index contributed by atoms with van der Waals surface area (Å²) in [5, 5.41) is 3.54. The summed E-state index contributed by atoms with van der Waals surface area (Å²) in [4.78, 5) is 0. The number of hydrogen-bond acceptors (Lipinski definition) is 2. The van der Waals surface area contributed by atoms with Crippen LogP contribution in [-0.4, -0.2) is 6.54 Å². The van der Waals surface area contributed by atoms with Crippen molar-refractivity contribution in [2.24, 2.45) is 0 Å². The van der Waals surface area contributed by atoms with E-state index in [0.717, 1.165) is 33.2 Å².